The largest absolute Gasteiger partial charge is 0.375 e. The summed E-state index contributed by atoms with van der Waals surface area (Å²) in [7, 11) is 0. The van der Waals surface area contributed by atoms with Crippen molar-refractivity contribution in [3.8, 4) is 0 Å². The molecule has 0 aliphatic carbocycles. The van der Waals surface area contributed by atoms with Gasteiger partial charge in [0.1, 0.15) is 0 Å². The predicted molar refractivity (Wildman–Crippen MR) is 135 cm³/mol. The van der Waals surface area contributed by atoms with Crippen LogP contribution >= 0.6 is 11.6 Å². The Kier molecular flexibility index (Phi) is 7.17. The molecule has 0 bridgehead atoms. The van der Waals surface area contributed by atoms with Crippen LogP contribution in [0.1, 0.15) is 25.3 Å². The molecule has 0 amide bonds. The highest BCUT2D eigenvalue weighted by atomic mass is 35.5. The number of allylic oxidation sites excluding steroid dienone is 4. The maximum atomic E-state index is 14.4. The molecule has 1 aromatic heterocycles. The third kappa shape index (κ3) is 5.07. The molecule has 7 heteroatoms. The average Bonchev–Trinajstić information content (AvgIpc) is 3.36. The molecule has 176 valence electrons. The normalized spacial score (nSPS) is 14.6. The van der Waals surface area contributed by atoms with E-state index < -0.39 is 17.2 Å². The molecule has 0 unspecified atom stereocenters. The topological polar surface area (TPSA) is 39.3 Å². The Bertz CT molecular complexity index is 1340. The van der Waals surface area contributed by atoms with Crippen LogP contribution in [-0.4, -0.2) is 23.0 Å². The summed E-state index contributed by atoms with van der Waals surface area (Å²) in [6, 6.07) is 11.3. The number of likely N-dealkylation sites (tertiary alicyclic amines) is 1. The van der Waals surface area contributed by atoms with Crippen LogP contribution in [0.3, 0.4) is 0 Å². The van der Waals surface area contributed by atoms with Crippen LogP contribution in [0.5, 0.6) is 0 Å². The summed E-state index contributed by atoms with van der Waals surface area (Å²) in [6.07, 6.45) is 8.11. The zero-order chi connectivity index (χ0) is 24.2. The summed E-state index contributed by atoms with van der Waals surface area (Å²) in [5.41, 5.74) is 2.60. The molecule has 0 spiro atoms. The predicted octanol–water partition coefficient (Wildman–Crippen LogP) is 6.54. The Morgan fingerprint density at radius 3 is 2.65 bits per heavy atom. The van der Waals surface area contributed by atoms with Gasteiger partial charge in [0, 0.05) is 53.2 Å². The molecule has 34 heavy (non-hydrogen) atoms. The van der Waals surface area contributed by atoms with E-state index in [1.807, 2.05) is 35.3 Å². The highest BCUT2D eigenvalue weighted by molar-refractivity contribution is 6.30. The van der Waals surface area contributed by atoms with Crippen molar-refractivity contribution in [2.45, 2.75) is 26.3 Å². The SMILES string of the molecule is C=C/C(=C\C=C(/C)N1CCCC1)N(Cc1cc(=O)[nH]c2c(F)c(F)ccc12)c1cccc(Cl)c1. The number of fused-ring (bicyclic) bond motifs is 1. The van der Waals surface area contributed by atoms with E-state index in [0.717, 1.165) is 36.2 Å². The summed E-state index contributed by atoms with van der Waals surface area (Å²) in [5, 5.41) is 0.983. The second kappa shape index (κ2) is 10.3. The fraction of sp³-hybridized carbons (Fsp3) is 0.222. The number of pyridine rings is 1. The minimum atomic E-state index is -1.07. The van der Waals surface area contributed by atoms with Crippen molar-refractivity contribution < 1.29 is 8.78 Å². The van der Waals surface area contributed by atoms with Crippen molar-refractivity contribution in [3.63, 3.8) is 0 Å². The third-order valence-corrected chi connectivity index (χ3v) is 6.30. The lowest BCUT2D eigenvalue weighted by molar-refractivity contribution is 0.428. The molecule has 2 heterocycles. The zero-order valence-corrected chi connectivity index (χ0v) is 19.7. The maximum Gasteiger partial charge on any atom is 0.248 e. The summed E-state index contributed by atoms with van der Waals surface area (Å²) in [6.45, 7) is 8.37. The fourth-order valence-corrected chi connectivity index (χ4v) is 4.45. The van der Waals surface area contributed by atoms with Gasteiger partial charge in [-0.15, -0.1) is 0 Å². The Balaban J connectivity index is 1.81. The summed E-state index contributed by atoms with van der Waals surface area (Å²) < 4.78 is 28.3. The number of aromatic amines is 1. The third-order valence-electron chi connectivity index (χ3n) is 6.06. The molecule has 3 aromatic rings. The van der Waals surface area contributed by atoms with E-state index in [0.29, 0.717) is 16.0 Å². The van der Waals surface area contributed by atoms with Gasteiger partial charge in [-0.05, 0) is 73.9 Å². The number of hydrogen-bond acceptors (Lipinski definition) is 3. The molecule has 1 N–H and O–H groups in total. The fourth-order valence-electron chi connectivity index (χ4n) is 4.26. The van der Waals surface area contributed by atoms with E-state index in [2.05, 4.69) is 23.4 Å². The second-order valence-corrected chi connectivity index (χ2v) is 8.74. The number of hydrogen-bond donors (Lipinski definition) is 1. The van der Waals surface area contributed by atoms with E-state index in [4.69, 9.17) is 11.6 Å². The Hall–Kier alpha value is -3.38. The minimum Gasteiger partial charge on any atom is -0.375 e. The number of nitrogens with one attached hydrogen (secondary N) is 1. The number of rotatable bonds is 7. The van der Waals surface area contributed by atoms with Crippen LogP contribution in [0.2, 0.25) is 5.02 Å². The molecule has 1 saturated heterocycles. The molecule has 1 fully saturated rings. The lowest BCUT2D eigenvalue weighted by atomic mass is 10.1. The zero-order valence-electron chi connectivity index (χ0n) is 19.0. The van der Waals surface area contributed by atoms with Crippen molar-refractivity contribution in [1.82, 2.24) is 9.88 Å². The highest BCUT2D eigenvalue weighted by Gasteiger charge is 2.17. The molecule has 0 radical (unpaired) electrons. The molecule has 0 saturated carbocycles. The lowest BCUT2D eigenvalue weighted by Gasteiger charge is -2.27. The maximum absolute atomic E-state index is 14.4. The molecule has 4 rings (SSSR count). The average molecular weight is 482 g/mol. The highest BCUT2D eigenvalue weighted by Crippen LogP contribution is 2.29. The molecule has 1 aliphatic heterocycles. The Morgan fingerprint density at radius 1 is 1.18 bits per heavy atom. The van der Waals surface area contributed by atoms with Gasteiger partial charge in [-0.1, -0.05) is 24.2 Å². The Morgan fingerprint density at radius 2 is 1.94 bits per heavy atom. The van der Waals surface area contributed by atoms with Crippen LogP contribution in [0, 0.1) is 11.6 Å². The van der Waals surface area contributed by atoms with Crippen molar-refractivity contribution >= 4 is 28.2 Å². The van der Waals surface area contributed by atoms with Crippen LogP contribution < -0.4 is 10.5 Å². The summed E-state index contributed by atoms with van der Waals surface area (Å²) >= 11 is 6.28. The first-order valence-corrected chi connectivity index (χ1v) is 11.5. The van der Waals surface area contributed by atoms with E-state index in [1.165, 1.54) is 25.0 Å². The summed E-state index contributed by atoms with van der Waals surface area (Å²) in [4.78, 5) is 19.0. The lowest BCUT2D eigenvalue weighted by Crippen LogP contribution is -2.23. The first kappa shape index (κ1) is 23.8. The standard InChI is InChI=1S/C27H26ClF2N3O/c1-3-21(10-9-18(2)32-13-4-5-14-32)33(22-8-6-7-20(28)16-22)17-19-15-25(34)31-27-23(19)11-12-24(29)26(27)30/h3,6-12,15-16H,1,4-5,13-14,17H2,2H3,(H,31,34)/b18-9+,21-10+. The number of benzene rings is 2. The molecular formula is C27H26ClF2N3O. The van der Waals surface area contributed by atoms with E-state index >= 15 is 0 Å². The first-order valence-electron chi connectivity index (χ1n) is 11.2. The van der Waals surface area contributed by atoms with Crippen LogP contribution in [-0.2, 0) is 6.54 Å². The molecular weight excluding hydrogens is 456 g/mol. The number of H-pyrrole nitrogens is 1. The minimum absolute atomic E-state index is 0.151. The van der Waals surface area contributed by atoms with Gasteiger partial charge in [0.05, 0.1) is 5.52 Å². The van der Waals surface area contributed by atoms with Gasteiger partial charge in [0.15, 0.2) is 11.6 Å². The molecule has 1 aliphatic rings. The second-order valence-electron chi connectivity index (χ2n) is 8.31. The van der Waals surface area contributed by atoms with Crippen molar-refractivity contribution in [3.05, 3.63) is 111 Å². The number of nitrogens with zero attached hydrogens (tertiary/aromatic N) is 2. The van der Waals surface area contributed by atoms with Gasteiger partial charge in [-0.25, -0.2) is 8.78 Å². The van der Waals surface area contributed by atoms with Crippen LogP contribution in [0.25, 0.3) is 10.9 Å². The molecule has 0 atom stereocenters. The van der Waals surface area contributed by atoms with Crippen molar-refractivity contribution in [2.75, 3.05) is 18.0 Å². The number of aromatic nitrogens is 1. The first-order chi connectivity index (χ1) is 16.4. The van der Waals surface area contributed by atoms with Crippen molar-refractivity contribution in [1.29, 1.82) is 0 Å². The molecule has 2 aromatic carbocycles. The van der Waals surface area contributed by atoms with Gasteiger partial charge >= 0.3 is 0 Å². The monoisotopic (exact) mass is 481 g/mol. The number of anilines is 1. The van der Waals surface area contributed by atoms with Crippen LogP contribution in [0.4, 0.5) is 14.5 Å². The number of halogens is 3. The van der Waals surface area contributed by atoms with Gasteiger partial charge in [-0.2, -0.15) is 0 Å². The van der Waals surface area contributed by atoms with Gasteiger partial charge in [0.2, 0.25) is 5.56 Å². The van der Waals surface area contributed by atoms with E-state index in [9.17, 15) is 13.6 Å². The van der Waals surface area contributed by atoms with Gasteiger partial charge in [-0.3, -0.25) is 4.79 Å². The van der Waals surface area contributed by atoms with Gasteiger partial charge < -0.3 is 14.8 Å². The van der Waals surface area contributed by atoms with Crippen molar-refractivity contribution in [2.24, 2.45) is 0 Å². The van der Waals surface area contributed by atoms with E-state index in [-0.39, 0.29) is 12.1 Å². The quantitative estimate of drug-likeness (QED) is 0.390. The Labute approximate surface area is 202 Å². The van der Waals surface area contributed by atoms with E-state index in [1.54, 1.807) is 12.1 Å². The summed E-state index contributed by atoms with van der Waals surface area (Å²) in [5.74, 6) is -2.09. The van der Waals surface area contributed by atoms with Crippen LogP contribution in [0.15, 0.2) is 83.5 Å². The van der Waals surface area contributed by atoms with Gasteiger partial charge in [0.25, 0.3) is 0 Å². The molecule has 4 nitrogen and oxygen atoms in total. The smallest absolute Gasteiger partial charge is 0.248 e.